The van der Waals surface area contributed by atoms with E-state index in [0.29, 0.717) is 28.4 Å². The van der Waals surface area contributed by atoms with Crippen LogP contribution in [0.25, 0.3) is 11.2 Å². The Kier molecular flexibility index (Phi) is 8.62. The van der Waals surface area contributed by atoms with Crippen molar-refractivity contribution in [3.63, 3.8) is 0 Å². The minimum Gasteiger partial charge on any atom is -0.497 e. The SMILES string of the molecule is COc1ccc(Sc2nc(N)nc3c2ncn3CC2(OCP(=O)(OCC(F)(F)F)OCC(F)(F)F)CC2C)cc1. The first kappa shape index (κ1) is 30.4. The van der Waals surface area contributed by atoms with Gasteiger partial charge in [0.25, 0.3) is 0 Å². The van der Waals surface area contributed by atoms with Gasteiger partial charge in [-0.25, -0.2) is 9.97 Å². The maximum absolute atomic E-state index is 12.8. The molecule has 1 aliphatic rings. The lowest BCUT2D eigenvalue weighted by Crippen LogP contribution is -2.27. The molecular weight excluding hydrogens is 591 g/mol. The molecule has 1 fully saturated rings. The van der Waals surface area contributed by atoms with Crippen molar-refractivity contribution in [1.82, 2.24) is 19.5 Å². The number of alkyl halides is 6. The molecule has 1 aliphatic carbocycles. The van der Waals surface area contributed by atoms with Gasteiger partial charge in [0.05, 0.1) is 25.6 Å². The molecule has 1 aromatic carbocycles. The van der Waals surface area contributed by atoms with Crippen LogP contribution in [0.5, 0.6) is 5.75 Å². The maximum atomic E-state index is 12.8. The topological polar surface area (TPSA) is 124 Å². The number of methoxy groups -OCH3 is 1. The number of nitrogens with zero attached hydrogens (tertiary/aromatic N) is 4. The third-order valence-electron chi connectivity index (χ3n) is 5.91. The van der Waals surface area contributed by atoms with Gasteiger partial charge in [-0.1, -0.05) is 18.7 Å². The first-order chi connectivity index (χ1) is 18.6. The monoisotopic (exact) mass is 615 g/mol. The summed E-state index contributed by atoms with van der Waals surface area (Å²) in [6.07, 6.45) is -9.21. The Morgan fingerprint density at radius 3 is 2.23 bits per heavy atom. The molecule has 2 aromatic heterocycles. The van der Waals surface area contributed by atoms with Crippen LogP contribution in [0, 0.1) is 5.92 Å². The standard InChI is InChI=1S/C22H24F6N5O5PS/c1-13-7-20(13,36-12-39(34,37-9-21(23,24)25)38-10-22(26,27)28)8-33-11-30-16-17(33)31-19(29)32-18(16)40-15-5-3-14(35-2)4-6-15/h3-6,11,13H,7-10,12H2,1-2H3,(H2,29,31,32). The Hall–Kier alpha value is -2.59. The van der Waals surface area contributed by atoms with E-state index in [1.807, 2.05) is 12.1 Å². The van der Waals surface area contributed by atoms with Gasteiger partial charge in [0, 0.05) is 4.90 Å². The average molecular weight is 615 g/mol. The zero-order valence-corrected chi connectivity index (χ0v) is 22.7. The molecule has 0 bridgehead atoms. The second-order valence-electron chi connectivity index (χ2n) is 9.04. The molecule has 2 atom stereocenters. The molecule has 2 heterocycles. The van der Waals surface area contributed by atoms with E-state index in [1.54, 1.807) is 30.7 Å². The van der Waals surface area contributed by atoms with Crippen LogP contribution in [0.1, 0.15) is 13.3 Å². The number of nitrogen functional groups attached to an aromatic ring is 1. The van der Waals surface area contributed by atoms with Gasteiger partial charge in [0.15, 0.2) is 18.9 Å². The number of hydrogen-bond donors (Lipinski definition) is 1. The number of nitrogens with two attached hydrogens (primary N) is 1. The summed E-state index contributed by atoms with van der Waals surface area (Å²) in [7, 11) is -3.39. The molecule has 2 unspecified atom stereocenters. The lowest BCUT2D eigenvalue weighted by Gasteiger charge is -2.24. The number of hydrogen-bond acceptors (Lipinski definition) is 10. The predicted molar refractivity (Wildman–Crippen MR) is 131 cm³/mol. The third kappa shape index (κ3) is 7.78. The number of ether oxygens (including phenoxy) is 2. The Morgan fingerprint density at radius 1 is 1.10 bits per heavy atom. The fraction of sp³-hybridized carbons (Fsp3) is 0.500. The van der Waals surface area contributed by atoms with E-state index in [9.17, 15) is 30.9 Å². The summed E-state index contributed by atoms with van der Waals surface area (Å²) >= 11 is 1.28. The Balaban J connectivity index is 1.52. The number of imidazole rings is 1. The number of aromatic nitrogens is 4. The zero-order chi connectivity index (χ0) is 29.3. The van der Waals surface area contributed by atoms with Crippen LogP contribution in [0.3, 0.4) is 0 Å². The Morgan fingerprint density at radius 2 is 1.70 bits per heavy atom. The van der Waals surface area contributed by atoms with Gasteiger partial charge in [0.1, 0.15) is 22.6 Å². The molecule has 220 valence electrons. The van der Waals surface area contributed by atoms with Crippen molar-refractivity contribution in [2.75, 3.05) is 32.4 Å². The molecular formula is C22H24F6N5O5PS. The van der Waals surface area contributed by atoms with Crippen LogP contribution in [-0.4, -0.2) is 64.1 Å². The highest BCUT2D eigenvalue weighted by molar-refractivity contribution is 7.99. The van der Waals surface area contributed by atoms with Crippen molar-refractivity contribution >= 4 is 36.5 Å². The highest BCUT2D eigenvalue weighted by Gasteiger charge is 2.54. The quantitative estimate of drug-likeness (QED) is 0.155. The number of halogens is 6. The van der Waals surface area contributed by atoms with E-state index < -0.39 is 45.1 Å². The van der Waals surface area contributed by atoms with E-state index in [2.05, 4.69) is 24.0 Å². The second kappa shape index (κ2) is 11.4. The van der Waals surface area contributed by atoms with E-state index in [0.717, 1.165) is 4.90 Å². The Labute approximate surface area is 228 Å². The van der Waals surface area contributed by atoms with Gasteiger partial charge in [0.2, 0.25) is 5.95 Å². The smallest absolute Gasteiger partial charge is 0.412 e. The molecule has 2 N–H and O–H groups in total. The lowest BCUT2D eigenvalue weighted by atomic mass is 10.2. The number of anilines is 1. The highest BCUT2D eigenvalue weighted by Crippen LogP contribution is 2.55. The summed E-state index contributed by atoms with van der Waals surface area (Å²) in [6, 6.07) is 7.18. The lowest BCUT2D eigenvalue weighted by molar-refractivity contribution is -0.166. The summed E-state index contributed by atoms with van der Waals surface area (Å²) in [5, 5.41) is 0.454. The minimum absolute atomic E-state index is 0.0340. The average Bonchev–Trinajstić information content (AvgIpc) is 3.33. The first-order valence-electron chi connectivity index (χ1n) is 11.6. The molecule has 0 aliphatic heterocycles. The summed E-state index contributed by atoms with van der Waals surface area (Å²) in [5.41, 5.74) is 5.57. The van der Waals surface area contributed by atoms with Gasteiger partial charge in [-0.05, 0) is 36.6 Å². The molecule has 0 radical (unpaired) electrons. The van der Waals surface area contributed by atoms with Crippen molar-refractivity contribution in [3.05, 3.63) is 30.6 Å². The fourth-order valence-corrected chi connectivity index (χ4v) is 5.95. The van der Waals surface area contributed by atoms with Crippen molar-refractivity contribution in [1.29, 1.82) is 0 Å². The van der Waals surface area contributed by atoms with Crippen LogP contribution < -0.4 is 10.5 Å². The molecule has 0 spiro atoms. The van der Waals surface area contributed by atoms with E-state index in [-0.39, 0.29) is 18.4 Å². The normalized spacial score (nSPS) is 19.8. The summed E-state index contributed by atoms with van der Waals surface area (Å²) in [5.74, 6) is 0.424. The molecule has 0 amide bonds. The molecule has 4 rings (SSSR count). The van der Waals surface area contributed by atoms with Crippen molar-refractivity contribution < 1.29 is 49.4 Å². The van der Waals surface area contributed by atoms with E-state index in [4.69, 9.17) is 15.2 Å². The summed E-state index contributed by atoms with van der Waals surface area (Å²) in [4.78, 5) is 13.7. The second-order valence-corrected chi connectivity index (χ2v) is 12.1. The van der Waals surface area contributed by atoms with Crippen LogP contribution in [0.2, 0.25) is 0 Å². The van der Waals surface area contributed by atoms with Gasteiger partial charge in [-0.15, -0.1) is 0 Å². The van der Waals surface area contributed by atoms with Crippen molar-refractivity contribution in [2.45, 2.75) is 47.8 Å². The first-order valence-corrected chi connectivity index (χ1v) is 14.1. The van der Waals surface area contributed by atoms with Gasteiger partial charge in [-0.3, -0.25) is 13.6 Å². The van der Waals surface area contributed by atoms with Gasteiger partial charge in [-0.2, -0.15) is 31.3 Å². The summed E-state index contributed by atoms with van der Waals surface area (Å²) in [6.45, 7) is -2.34. The molecule has 18 heteroatoms. The largest absolute Gasteiger partial charge is 0.497 e. The van der Waals surface area contributed by atoms with Crippen molar-refractivity contribution in [2.24, 2.45) is 5.92 Å². The van der Waals surface area contributed by atoms with Crippen LogP contribution in [0.15, 0.2) is 40.5 Å². The van der Waals surface area contributed by atoms with Crippen LogP contribution in [0.4, 0.5) is 32.3 Å². The molecule has 1 saturated carbocycles. The molecule has 40 heavy (non-hydrogen) atoms. The maximum Gasteiger partial charge on any atom is 0.412 e. The van der Waals surface area contributed by atoms with Crippen LogP contribution >= 0.6 is 19.4 Å². The zero-order valence-electron chi connectivity index (χ0n) is 21.0. The number of fused-ring (bicyclic) bond motifs is 1. The third-order valence-corrected chi connectivity index (χ3v) is 8.39. The minimum atomic E-state index is -4.95. The van der Waals surface area contributed by atoms with Gasteiger partial charge < -0.3 is 19.8 Å². The highest BCUT2D eigenvalue weighted by atomic mass is 32.2. The molecule has 10 nitrogen and oxygen atoms in total. The van der Waals surface area contributed by atoms with E-state index >= 15 is 0 Å². The Bertz CT molecular complexity index is 1370. The molecule has 3 aromatic rings. The molecule has 0 saturated heterocycles. The van der Waals surface area contributed by atoms with E-state index in [1.165, 1.54) is 18.1 Å². The fourth-order valence-electron chi connectivity index (χ4n) is 3.75. The van der Waals surface area contributed by atoms with Crippen LogP contribution in [-0.2, 0) is 24.9 Å². The predicted octanol–water partition coefficient (Wildman–Crippen LogP) is 5.67. The van der Waals surface area contributed by atoms with Crippen molar-refractivity contribution in [3.8, 4) is 5.75 Å². The number of rotatable bonds is 12. The summed E-state index contributed by atoms with van der Waals surface area (Å²) < 4.78 is 110. The number of benzene rings is 1. The van der Waals surface area contributed by atoms with Gasteiger partial charge >= 0.3 is 19.9 Å².